The Kier molecular flexibility index (Phi) is 4.31. The summed E-state index contributed by atoms with van der Waals surface area (Å²) in [6.45, 7) is 3.48. The number of carbonyl (C=O) groups is 1. The summed E-state index contributed by atoms with van der Waals surface area (Å²) in [5.41, 5.74) is 6.23. The van der Waals surface area contributed by atoms with Crippen molar-refractivity contribution in [1.29, 1.82) is 0 Å². The standard InChI is InChI=1S/C12H19N3O2S/c1-8(13)11-14-10(7-18-11)12(17)15-4-2-9(6-16)3-5-15/h7-9,16H,2-6,13H2,1H3. The number of nitrogens with two attached hydrogens (primary N) is 1. The third-order valence-corrected chi connectivity index (χ3v) is 4.34. The Morgan fingerprint density at radius 1 is 1.67 bits per heavy atom. The van der Waals surface area contributed by atoms with Crippen molar-refractivity contribution in [3.8, 4) is 0 Å². The Balaban J connectivity index is 1.98. The maximum atomic E-state index is 12.2. The maximum absolute atomic E-state index is 12.2. The lowest BCUT2D eigenvalue weighted by Crippen LogP contribution is -2.39. The van der Waals surface area contributed by atoms with Crippen LogP contribution in [0.4, 0.5) is 0 Å². The average Bonchev–Trinajstić information content (AvgIpc) is 2.88. The van der Waals surface area contributed by atoms with Gasteiger partial charge < -0.3 is 15.7 Å². The van der Waals surface area contributed by atoms with E-state index in [9.17, 15) is 4.79 Å². The SMILES string of the molecule is CC(N)c1nc(C(=O)N2CCC(CO)CC2)cs1. The van der Waals surface area contributed by atoms with Gasteiger partial charge in [0, 0.05) is 25.1 Å². The van der Waals surface area contributed by atoms with Crippen LogP contribution in [0.1, 0.15) is 41.3 Å². The second-order valence-electron chi connectivity index (χ2n) is 4.78. The molecule has 3 N–H and O–H groups in total. The van der Waals surface area contributed by atoms with Crippen LogP contribution in [0.3, 0.4) is 0 Å². The lowest BCUT2D eigenvalue weighted by molar-refractivity contribution is 0.0645. The highest BCUT2D eigenvalue weighted by Gasteiger charge is 2.24. The minimum Gasteiger partial charge on any atom is -0.396 e. The van der Waals surface area contributed by atoms with Crippen molar-refractivity contribution in [2.45, 2.75) is 25.8 Å². The Labute approximate surface area is 111 Å². The summed E-state index contributed by atoms with van der Waals surface area (Å²) in [5.74, 6) is 0.318. The molecule has 1 atom stereocenters. The van der Waals surface area contributed by atoms with E-state index in [1.54, 1.807) is 5.38 Å². The van der Waals surface area contributed by atoms with E-state index in [1.807, 2.05) is 11.8 Å². The lowest BCUT2D eigenvalue weighted by Gasteiger charge is -2.30. The van der Waals surface area contributed by atoms with E-state index in [0.29, 0.717) is 24.7 Å². The zero-order valence-corrected chi connectivity index (χ0v) is 11.3. The molecule has 5 nitrogen and oxygen atoms in total. The summed E-state index contributed by atoms with van der Waals surface area (Å²) in [6.07, 6.45) is 1.74. The summed E-state index contributed by atoms with van der Waals surface area (Å²) in [7, 11) is 0. The molecule has 2 rings (SSSR count). The summed E-state index contributed by atoms with van der Waals surface area (Å²) in [5, 5.41) is 11.6. The molecule has 2 heterocycles. The van der Waals surface area contributed by atoms with E-state index in [0.717, 1.165) is 17.8 Å². The van der Waals surface area contributed by atoms with E-state index in [1.165, 1.54) is 11.3 Å². The van der Waals surface area contributed by atoms with E-state index < -0.39 is 0 Å². The molecule has 1 aliphatic rings. The lowest BCUT2D eigenvalue weighted by atomic mass is 9.98. The fourth-order valence-corrected chi connectivity index (χ4v) is 2.83. The van der Waals surface area contributed by atoms with Crippen LogP contribution in [0.15, 0.2) is 5.38 Å². The predicted molar refractivity (Wildman–Crippen MR) is 70.4 cm³/mol. The van der Waals surface area contributed by atoms with Gasteiger partial charge in [0.15, 0.2) is 0 Å². The number of carbonyl (C=O) groups excluding carboxylic acids is 1. The number of piperidine rings is 1. The van der Waals surface area contributed by atoms with Crippen molar-refractivity contribution in [1.82, 2.24) is 9.88 Å². The molecular formula is C12H19N3O2S. The Hall–Kier alpha value is -0.980. The quantitative estimate of drug-likeness (QED) is 0.858. The first-order valence-electron chi connectivity index (χ1n) is 6.23. The molecule has 1 saturated heterocycles. The molecule has 100 valence electrons. The van der Waals surface area contributed by atoms with Gasteiger partial charge in [-0.25, -0.2) is 4.98 Å². The number of hydrogen-bond acceptors (Lipinski definition) is 5. The highest BCUT2D eigenvalue weighted by atomic mass is 32.1. The van der Waals surface area contributed by atoms with E-state index in [-0.39, 0.29) is 18.6 Å². The first-order valence-corrected chi connectivity index (χ1v) is 7.11. The van der Waals surface area contributed by atoms with E-state index in [2.05, 4.69) is 4.98 Å². The highest BCUT2D eigenvalue weighted by molar-refractivity contribution is 7.09. The number of amides is 1. The smallest absolute Gasteiger partial charge is 0.273 e. The number of aliphatic hydroxyl groups excluding tert-OH is 1. The maximum Gasteiger partial charge on any atom is 0.273 e. The number of hydrogen-bond donors (Lipinski definition) is 2. The van der Waals surface area contributed by atoms with Gasteiger partial charge in [-0.05, 0) is 25.7 Å². The topological polar surface area (TPSA) is 79.5 Å². The third kappa shape index (κ3) is 2.88. The molecule has 0 aliphatic carbocycles. The molecule has 0 aromatic carbocycles. The molecule has 1 unspecified atom stereocenters. The van der Waals surface area contributed by atoms with E-state index >= 15 is 0 Å². The van der Waals surface area contributed by atoms with Crippen LogP contribution >= 0.6 is 11.3 Å². The van der Waals surface area contributed by atoms with Crippen LogP contribution in [-0.2, 0) is 0 Å². The van der Waals surface area contributed by atoms with Gasteiger partial charge in [0.05, 0.1) is 6.04 Å². The minimum atomic E-state index is -0.128. The first kappa shape index (κ1) is 13.5. The van der Waals surface area contributed by atoms with Crippen LogP contribution < -0.4 is 5.73 Å². The van der Waals surface area contributed by atoms with Crippen LogP contribution in [0.5, 0.6) is 0 Å². The molecule has 1 amide bonds. The second kappa shape index (κ2) is 5.77. The summed E-state index contributed by atoms with van der Waals surface area (Å²) < 4.78 is 0. The normalized spacial score (nSPS) is 18.9. The largest absolute Gasteiger partial charge is 0.396 e. The third-order valence-electron chi connectivity index (χ3n) is 3.29. The van der Waals surface area contributed by atoms with Gasteiger partial charge in [0.2, 0.25) is 0 Å². The molecule has 0 radical (unpaired) electrons. The molecular weight excluding hydrogens is 250 g/mol. The minimum absolute atomic E-state index is 0.0189. The number of rotatable bonds is 3. The van der Waals surface area contributed by atoms with Crippen LogP contribution in [-0.4, -0.2) is 40.6 Å². The Bertz CT molecular complexity index is 411. The van der Waals surface area contributed by atoms with Gasteiger partial charge >= 0.3 is 0 Å². The average molecular weight is 269 g/mol. The number of aliphatic hydroxyl groups is 1. The molecule has 6 heteroatoms. The number of thiazole rings is 1. The molecule has 0 spiro atoms. The zero-order chi connectivity index (χ0) is 13.1. The van der Waals surface area contributed by atoms with Crippen molar-refractivity contribution in [3.63, 3.8) is 0 Å². The second-order valence-corrected chi connectivity index (χ2v) is 5.67. The van der Waals surface area contributed by atoms with Crippen molar-refractivity contribution >= 4 is 17.2 Å². The summed E-state index contributed by atoms with van der Waals surface area (Å²) >= 11 is 1.43. The van der Waals surface area contributed by atoms with Gasteiger partial charge in [-0.2, -0.15) is 0 Å². The molecule has 1 aliphatic heterocycles. The molecule has 1 aromatic rings. The number of aromatic nitrogens is 1. The van der Waals surface area contributed by atoms with Gasteiger partial charge in [-0.3, -0.25) is 4.79 Å². The van der Waals surface area contributed by atoms with Crippen molar-refractivity contribution in [2.24, 2.45) is 11.7 Å². The molecule has 0 saturated carbocycles. The zero-order valence-electron chi connectivity index (χ0n) is 10.5. The van der Waals surface area contributed by atoms with Crippen molar-refractivity contribution in [2.75, 3.05) is 19.7 Å². The first-order chi connectivity index (χ1) is 8.61. The fourth-order valence-electron chi connectivity index (χ4n) is 2.08. The number of nitrogens with zero attached hydrogens (tertiary/aromatic N) is 2. The monoisotopic (exact) mass is 269 g/mol. The Morgan fingerprint density at radius 3 is 2.83 bits per heavy atom. The van der Waals surface area contributed by atoms with Crippen LogP contribution in [0, 0.1) is 5.92 Å². The van der Waals surface area contributed by atoms with Crippen molar-refractivity contribution < 1.29 is 9.90 Å². The molecule has 1 fully saturated rings. The van der Waals surface area contributed by atoms with Gasteiger partial charge in [0.25, 0.3) is 5.91 Å². The van der Waals surface area contributed by atoms with Crippen molar-refractivity contribution in [3.05, 3.63) is 16.1 Å². The van der Waals surface area contributed by atoms with Gasteiger partial charge in [-0.15, -0.1) is 11.3 Å². The molecule has 18 heavy (non-hydrogen) atoms. The van der Waals surface area contributed by atoms with Gasteiger partial charge in [-0.1, -0.05) is 0 Å². The summed E-state index contributed by atoms with van der Waals surface area (Å²) in [4.78, 5) is 18.3. The van der Waals surface area contributed by atoms with Crippen LogP contribution in [0.25, 0.3) is 0 Å². The fraction of sp³-hybridized carbons (Fsp3) is 0.667. The van der Waals surface area contributed by atoms with E-state index in [4.69, 9.17) is 10.8 Å². The van der Waals surface area contributed by atoms with Crippen LogP contribution in [0.2, 0.25) is 0 Å². The highest BCUT2D eigenvalue weighted by Crippen LogP contribution is 2.21. The number of likely N-dealkylation sites (tertiary alicyclic amines) is 1. The molecule has 0 bridgehead atoms. The van der Waals surface area contributed by atoms with Gasteiger partial charge in [0.1, 0.15) is 10.7 Å². The summed E-state index contributed by atoms with van der Waals surface area (Å²) in [6, 6.07) is -0.128. The Morgan fingerprint density at radius 2 is 2.33 bits per heavy atom. The molecule has 1 aromatic heterocycles. The predicted octanol–water partition coefficient (Wildman–Crippen LogP) is 1.01.